The number of rotatable bonds is 3. The molecular weight excluding hydrogens is 418 g/mol. The predicted octanol–water partition coefficient (Wildman–Crippen LogP) is 7.17. The average Bonchev–Trinajstić information content (AvgIpc) is 3.23. The van der Waals surface area contributed by atoms with E-state index in [4.69, 9.17) is 16.3 Å². The lowest BCUT2D eigenvalue weighted by Gasteiger charge is -2.29. The minimum atomic E-state index is -3.33. The summed E-state index contributed by atoms with van der Waals surface area (Å²) < 4.78 is 38.1. The molecule has 0 saturated carbocycles. The van der Waals surface area contributed by atoms with E-state index in [1.54, 1.807) is 49.7 Å². The Hall–Kier alpha value is -3.44. The number of aliphatic imine (C=N–C) groups is 1. The molecule has 1 aromatic heterocycles. The fraction of sp³-hybridized carbons (Fsp3) is 0.0800. The molecule has 31 heavy (non-hydrogen) atoms. The van der Waals surface area contributed by atoms with Gasteiger partial charge < -0.3 is 4.74 Å². The topological polar surface area (TPSA) is 26.5 Å². The quantitative estimate of drug-likeness (QED) is 0.336. The first-order valence-corrected chi connectivity index (χ1v) is 10.0. The summed E-state index contributed by atoms with van der Waals surface area (Å²) >= 11 is 6.08. The Kier molecular flexibility index (Phi) is 4.63. The molecule has 0 unspecified atom stereocenters. The first kappa shape index (κ1) is 19.5. The Bertz CT molecular complexity index is 1300. The average molecular weight is 435 g/mol. The molecule has 0 saturated heterocycles. The summed E-state index contributed by atoms with van der Waals surface area (Å²) in [6.07, 6.45) is 1.71. The number of ether oxygens (including phenoxy) is 1. The van der Waals surface area contributed by atoms with Crippen molar-refractivity contribution in [2.75, 3.05) is 7.11 Å². The summed E-state index contributed by atoms with van der Waals surface area (Å²) in [5.74, 6) is -3.07. The highest BCUT2D eigenvalue weighted by Gasteiger charge is 2.46. The Labute approximate surface area is 183 Å². The molecule has 5 rings (SSSR count). The van der Waals surface area contributed by atoms with E-state index in [-0.39, 0.29) is 16.4 Å². The van der Waals surface area contributed by atoms with Gasteiger partial charge >= 0.3 is 5.92 Å². The first-order chi connectivity index (χ1) is 15.0. The monoisotopic (exact) mass is 434 g/mol. The molecule has 0 amide bonds. The van der Waals surface area contributed by atoms with Gasteiger partial charge in [-0.25, -0.2) is 4.99 Å². The Morgan fingerprint density at radius 2 is 1.65 bits per heavy atom. The maximum Gasteiger partial charge on any atom is 0.331 e. The number of alkyl halides is 2. The van der Waals surface area contributed by atoms with Crippen LogP contribution in [0.2, 0.25) is 5.02 Å². The van der Waals surface area contributed by atoms with Crippen LogP contribution in [0, 0.1) is 0 Å². The maximum absolute atomic E-state index is 15.7. The zero-order valence-corrected chi connectivity index (χ0v) is 17.3. The molecule has 3 aromatic carbocycles. The van der Waals surface area contributed by atoms with Crippen molar-refractivity contribution < 1.29 is 13.5 Å². The van der Waals surface area contributed by atoms with Crippen LogP contribution in [0.15, 0.2) is 90.1 Å². The van der Waals surface area contributed by atoms with Gasteiger partial charge in [-0.1, -0.05) is 48.0 Å². The van der Waals surface area contributed by atoms with Gasteiger partial charge in [-0.3, -0.25) is 4.57 Å². The third-order valence-corrected chi connectivity index (χ3v) is 5.57. The van der Waals surface area contributed by atoms with Crippen LogP contribution in [0.4, 0.5) is 14.5 Å². The van der Waals surface area contributed by atoms with Crippen LogP contribution in [0.1, 0.15) is 5.56 Å². The van der Waals surface area contributed by atoms with Gasteiger partial charge in [0.1, 0.15) is 5.75 Å². The van der Waals surface area contributed by atoms with Crippen molar-refractivity contribution in [3.8, 4) is 28.1 Å². The highest BCUT2D eigenvalue weighted by Crippen LogP contribution is 2.46. The standard InChI is InChI=1S/C25H17ClF2N2O/c1-31-20-10-8-19(9-11-20)29-24-25(27,28)22-14-18(26)7-12-21(22)23-13-17(15-30(23)24)16-5-3-2-4-6-16/h2-15H,1H3. The number of aromatic nitrogens is 1. The Balaban J connectivity index is 1.75. The zero-order chi connectivity index (χ0) is 21.6. The molecule has 0 fully saturated rings. The van der Waals surface area contributed by atoms with E-state index < -0.39 is 5.92 Å². The highest BCUT2D eigenvalue weighted by molar-refractivity contribution is 6.30. The molecule has 0 N–H and O–H groups in total. The second kappa shape index (κ2) is 7.36. The number of benzene rings is 3. The fourth-order valence-corrected chi connectivity index (χ4v) is 3.98. The minimum Gasteiger partial charge on any atom is -0.497 e. The summed E-state index contributed by atoms with van der Waals surface area (Å²) in [5.41, 5.74) is 3.09. The number of hydrogen-bond donors (Lipinski definition) is 0. The summed E-state index contributed by atoms with van der Waals surface area (Å²) in [6, 6.07) is 22.8. The van der Waals surface area contributed by atoms with Gasteiger partial charge in [0, 0.05) is 27.9 Å². The molecule has 0 atom stereocenters. The van der Waals surface area contributed by atoms with Crippen molar-refractivity contribution in [3.63, 3.8) is 0 Å². The van der Waals surface area contributed by atoms with Gasteiger partial charge in [-0.2, -0.15) is 8.78 Å². The largest absolute Gasteiger partial charge is 0.497 e. The smallest absolute Gasteiger partial charge is 0.331 e. The van der Waals surface area contributed by atoms with Crippen LogP contribution < -0.4 is 4.74 Å². The summed E-state index contributed by atoms with van der Waals surface area (Å²) in [5, 5.41) is 0.255. The van der Waals surface area contributed by atoms with E-state index in [0.29, 0.717) is 22.7 Å². The Morgan fingerprint density at radius 3 is 2.35 bits per heavy atom. The molecule has 4 aromatic rings. The number of nitrogens with zero attached hydrogens (tertiary/aromatic N) is 2. The second-order valence-electron chi connectivity index (χ2n) is 7.25. The van der Waals surface area contributed by atoms with Crippen LogP contribution >= 0.6 is 11.6 Å². The van der Waals surface area contributed by atoms with Crippen molar-refractivity contribution >= 4 is 23.1 Å². The second-order valence-corrected chi connectivity index (χ2v) is 7.68. The van der Waals surface area contributed by atoms with Gasteiger partial charge in [0.15, 0.2) is 5.84 Å². The zero-order valence-electron chi connectivity index (χ0n) is 16.5. The van der Waals surface area contributed by atoms with E-state index in [1.165, 1.54) is 10.6 Å². The molecule has 1 aliphatic rings. The summed E-state index contributed by atoms with van der Waals surface area (Å²) in [4.78, 5) is 4.35. The molecule has 0 radical (unpaired) electrons. The van der Waals surface area contributed by atoms with Crippen LogP contribution in [-0.4, -0.2) is 17.5 Å². The van der Waals surface area contributed by atoms with Crippen molar-refractivity contribution in [1.29, 1.82) is 0 Å². The van der Waals surface area contributed by atoms with Gasteiger partial charge in [-0.05, 0) is 48.0 Å². The normalized spacial score (nSPS) is 15.4. The summed E-state index contributed by atoms with van der Waals surface area (Å²) in [7, 11) is 1.55. The lowest BCUT2D eigenvalue weighted by atomic mass is 9.94. The van der Waals surface area contributed by atoms with E-state index in [0.717, 1.165) is 11.1 Å². The third-order valence-electron chi connectivity index (χ3n) is 5.34. The van der Waals surface area contributed by atoms with E-state index in [9.17, 15) is 0 Å². The van der Waals surface area contributed by atoms with Crippen LogP contribution in [0.3, 0.4) is 0 Å². The number of hydrogen-bond acceptors (Lipinski definition) is 2. The van der Waals surface area contributed by atoms with E-state index >= 15 is 8.78 Å². The maximum atomic E-state index is 15.7. The number of fused-ring (bicyclic) bond motifs is 3. The van der Waals surface area contributed by atoms with Crippen molar-refractivity contribution in [1.82, 2.24) is 4.57 Å². The van der Waals surface area contributed by atoms with Crippen LogP contribution in [0.5, 0.6) is 5.75 Å². The van der Waals surface area contributed by atoms with Crippen LogP contribution in [0.25, 0.3) is 22.4 Å². The molecule has 0 bridgehead atoms. The molecule has 154 valence electrons. The lowest BCUT2D eigenvalue weighted by Crippen LogP contribution is -2.36. The van der Waals surface area contributed by atoms with Gasteiger partial charge in [-0.15, -0.1) is 0 Å². The molecule has 0 spiro atoms. The van der Waals surface area contributed by atoms with Crippen molar-refractivity contribution in [3.05, 3.63) is 95.6 Å². The predicted molar refractivity (Wildman–Crippen MR) is 120 cm³/mol. The van der Waals surface area contributed by atoms with Crippen LogP contribution in [-0.2, 0) is 5.92 Å². The molecule has 0 aliphatic carbocycles. The SMILES string of the molecule is COc1ccc(N=C2n3cc(-c4ccccc4)cc3-c3ccc(Cl)cc3C2(F)F)cc1. The van der Waals surface area contributed by atoms with Gasteiger partial charge in [0.25, 0.3) is 0 Å². The fourth-order valence-electron chi connectivity index (χ4n) is 3.81. The number of methoxy groups -OCH3 is 1. The molecule has 6 heteroatoms. The molecule has 2 heterocycles. The molecular formula is C25H17ClF2N2O. The molecule has 1 aliphatic heterocycles. The van der Waals surface area contributed by atoms with Gasteiger partial charge in [0.2, 0.25) is 0 Å². The van der Waals surface area contributed by atoms with Gasteiger partial charge in [0.05, 0.1) is 18.5 Å². The third kappa shape index (κ3) is 3.31. The summed E-state index contributed by atoms with van der Waals surface area (Å²) in [6.45, 7) is 0. The van der Waals surface area contributed by atoms with Crippen molar-refractivity contribution in [2.24, 2.45) is 4.99 Å². The molecule has 3 nitrogen and oxygen atoms in total. The lowest BCUT2D eigenvalue weighted by molar-refractivity contribution is 0.0711. The first-order valence-electron chi connectivity index (χ1n) is 9.67. The number of halogens is 3. The highest BCUT2D eigenvalue weighted by atomic mass is 35.5. The van der Waals surface area contributed by atoms with Crippen molar-refractivity contribution in [2.45, 2.75) is 5.92 Å². The van der Waals surface area contributed by atoms with E-state index in [2.05, 4.69) is 4.99 Å². The Morgan fingerprint density at radius 1 is 0.903 bits per heavy atom. The van der Waals surface area contributed by atoms with E-state index in [1.807, 2.05) is 36.4 Å². The minimum absolute atomic E-state index is 0.155.